The van der Waals surface area contributed by atoms with Crippen molar-refractivity contribution >= 4 is 0 Å². The van der Waals surface area contributed by atoms with Gasteiger partial charge in [0.05, 0.1) is 19.4 Å². The normalized spacial score (nSPS) is 17.8. The van der Waals surface area contributed by atoms with Crippen LogP contribution in [0.2, 0.25) is 0 Å². The van der Waals surface area contributed by atoms with E-state index in [0.717, 1.165) is 31.2 Å². The molecule has 1 atom stereocenters. The quantitative estimate of drug-likeness (QED) is 0.874. The minimum Gasteiger partial charge on any atom is -0.493 e. The second kappa shape index (κ2) is 4.63. The van der Waals surface area contributed by atoms with Gasteiger partial charge < -0.3 is 14.5 Å². The summed E-state index contributed by atoms with van der Waals surface area (Å²) in [6.45, 7) is 2.45. The molecule has 88 valence electrons. The first-order valence-electron chi connectivity index (χ1n) is 5.88. The Hall–Kier alpha value is -1.74. The van der Waals surface area contributed by atoms with E-state index in [9.17, 15) is 0 Å². The van der Waals surface area contributed by atoms with Crippen LogP contribution in [0.3, 0.4) is 0 Å². The maximum absolute atomic E-state index is 5.64. The van der Waals surface area contributed by atoms with Gasteiger partial charge in [0.15, 0.2) is 0 Å². The van der Waals surface area contributed by atoms with Gasteiger partial charge >= 0.3 is 0 Å². The van der Waals surface area contributed by atoms with E-state index in [2.05, 4.69) is 17.4 Å². The van der Waals surface area contributed by atoms with Crippen LogP contribution in [0.5, 0.6) is 5.75 Å². The molecule has 0 saturated carbocycles. The van der Waals surface area contributed by atoms with Crippen LogP contribution < -0.4 is 10.1 Å². The van der Waals surface area contributed by atoms with Gasteiger partial charge in [-0.3, -0.25) is 0 Å². The predicted octanol–water partition coefficient (Wildman–Crippen LogP) is 2.55. The molecule has 0 saturated heterocycles. The highest BCUT2D eigenvalue weighted by molar-refractivity contribution is 5.39. The van der Waals surface area contributed by atoms with Gasteiger partial charge in [0.25, 0.3) is 0 Å². The molecule has 0 fully saturated rings. The average molecular weight is 229 g/mol. The van der Waals surface area contributed by atoms with Crippen molar-refractivity contribution in [3.05, 3.63) is 54.0 Å². The van der Waals surface area contributed by atoms with Crippen molar-refractivity contribution in [2.45, 2.75) is 12.5 Å². The molecule has 1 aromatic carbocycles. The van der Waals surface area contributed by atoms with E-state index in [1.807, 2.05) is 24.3 Å². The highest BCUT2D eigenvalue weighted by Crippen LogP contribution is 2.32. The number of para-hydroxylation sites is 1. The number of hydrogen-bond donors (Lipinski definition) is 1. The summed E-state index contributed by atoms with van der Waals surface area (Å²) in [4.78, 5) is 0. The zero-order chi connectivity index (χ0) is 11.5. The first-order chi connectivity index (χ1) is 8.43. The Labute approximate surface area is 100 Å². The van der Waals surface area contributed by atoms with E-state index in [4.69, 9.17) is 9.15 Å². The third kappa shape index (κ3) is 2.19. The summed E-state index contributed by atoms with van der Waals surface area (Å²) in [5.41, 5.74) is 1.31. The molecule has 17 heavy (non-hydrogen) atoms. The predicted molar refractivity (Wildman–Crippen MR) is 65.1 cm³/mol. The van der Waals surface area contributed by atoms with Gasteiger partial charge in [-0.05, 0) is 18.2 Å². The van der Waals surface area contributed by atoms with Gasteiger partial charge in [0, 0.05) is 18.0 Å². The lowest BCUT2D eigenvalue weighted by molar-refractivity contribution is 0.325. The Kier molecular flexibility index (Phi) is 2.84. The van der Waals surface area contributed by atoms with E-state index in [1.165, 1.54) is 5.56 Å². The average Bonchev–Trinajstić information content (AvgIpc) is 2.99. The highest BCUT2D eigenvalue weighted by Gasteiger charge is 2.22. The number of furan rings is 1. The van der Waals surface area contributed by atoms with Crippen LogP contribution in [0.4, 0.5) is 0 Å². The van der Waals surface area contributed by atoms with Gasteiger partial charge in [0.1, 0.15) is 11.5 Å². The summed E-state index contributed by atoms with van der Waals surface area (Å²) in [6.07, 6.45) is 1.70. The van der Waals surface area contributed by atoms with Crippen molar-refractivity contribution in [1.82, 2.24) is 5.32 Å². The molecular formula is C14H15NO2. The molecule has 2 heterocycles. The zero-order valence-corrected chi connectivity index (χ0v) is 9.56. The second-order valence-electron chi connectivity index (χ2n) is 4.26. The Balaban J connectivity index is 1.57. The molecular weight excluding hydrogens is 214 g/mol. The third-order valence-electron chi connectivity index (χ3n) is 3.07. The molecule has 1 aromatic heterocycles. The molecule has 1 aliphatic heterocycles. The maximum atomic E-state index is 5.64. The van der Waals surface area contributed by atoms with Gasteiger partial charge in [-0.2, -0.15) is 0 Å². The molecule has 1 N–H and O–H groups in total. The second-order valence-corrected chi connectivity index (χ2v) is 4.26. The molecule has 0 radical (unpaired) electrons. The Bertz CT molecular complexity index is 479. The number of fused-ring (bicyclic) bond motifs is 1. The lowest BCUT2D eigenvalue weighted by atomic mass is 10.0. The fourth-order valence-electron chi connectivity index (χ4n) is 2.18. The van der Waals surface area contributed by atoms with Crippen LogP contribution in [0.25, 0.3) is 0 Å². The zero-order valence-electron chi connectivity index (χ0n) is 9.56. The van der Waals surface area contributed by atoms with Crippen molar-refractivity contribution in [3.63, 3.8) is 0 Å². The minimum atomic E-state index is 0.446. The molecule has 0 amide bonds. The van der Waals surface area contributed by atoms with Crippen LogP contribution in [-0.4, -0.2) is 13.2 Å². The lowest BCUT2D eigenvalue weighted by Crippen LogP contribution is -2.21. The monoisotopic (exact) mass is 229 g/mol. The van der Waals surface area contributed by atoms with E-state index in [-0.39, 0.29) is 0 Å². The van der Waals surface area contributed by atoms with Crippen LogP contribution in [0.1, 0.15) is 17.2 Å². The van der Waals surface area contributed by atoms with Gasteiger partial charge in [0.2, 0.25) is 0 Å². The number of benzene rings is 1. The summed E-state index contributed by atoms with van der Waals surface area (Å²) in [5.74, 6) is 2.44. The molecule has 2 aromatic rings. The third-order valence-corrected chi connectivity index (χ3v) is 3.07. The van der Waals surface area contributed by atoms with Crippen LogP contribution >= 0.6 is 0 Å². The van der Waals surface area contributed by atoms with E-state index in [0.29, 0.717) is 5.92 Å². The summed E-state index contributed by atoms with van der Waals surface area (Å²) in [6, 6.07) is 12.1. The van der Waals surface area contributed by atoms with E-state index in [1.54, 1.807) is 6.26 Å². The molecule has 1 unspecified atom stereocenters. The van der Waals surface area contributed by atoms with Crippen molar-refractivity contribution < 1.29 is 9.15 Å². The van der Waals surface area contributed by atoms with Crippen LogP contribution in [0.15, 0.2) is 47.1 Å². The largest absolute Gasteiger partial charge is 0.493 e. The summed E-state index contributed by atoms with van der Waals surface area (Å²) in [7, 11) is 0. The first-order valence-corrected chi connectivity index (χ1v) is 5.88. The van der Waals surface area contributed by atoms with Gasteiger partial charge in [-0.15, -0.1) is 0 Å². The number of rotatable bonds is 4. The molecule has 1 aliphatic rings. The van der Waals surface area contributed by atoms with E-state index < -0.39 is 0 Å². The Morgan fingerprint density at radius 3 is 3.00 bits per heavy atom. The SMILES string of the molecule is c1coc(CNCC2COc3ccccc32)c1. The fourth-order valence-corrected chi connectivity index (χ4v) is 2.18. The smallest absolute Gasteiger partial charge is 0.122 e. The highest BCUT2D eigenvalue weighted by atomic mass is 16.5. The van der Waals surface area contributed by atoms with Gasteiger partial charge in [-0.25, -0.2) is 0 Å². The molecule has 3 heteroatoms. The number of nitrogens with one attached hydrogen (secondary N) is 1. The maximum Gasteiger partial charge on any atom is 0.122 e. The van der Waals surface area contributed by atoms with Crippen molar-refractivity contribution in [1.29, 1.82) is 0 Å². The summed E-state index contributed by atoms with van der Waals surface area (Å²) < 4.78 is 10.9. The minimum absolute atomic E-state index is 0.446. The van der Waals surface area contributed by atoms with E-state index >= 15 is 0 Å². The van der Waals surface area contributed by atoms with Crippen LogP contribution in [-0.2, 0) is 6.54 Å². The molecule has 0 aliphatic carbocycles. The summed E-state index contributed by atoms with van der Waals surface area (Å²) >= 11 is 0. The van der Waals surface area contributed by atoms with Crippen LogP contribution in [0, 0.1) is 0 Å². The van der Waals surface area contributed by atoms with Gasteiger partial charge in [-0.1, -0.05) is 18.2 Å². The Morgan fingerprint density at radius 1 is 1.18 bits per heavy atom. The topological polar surface area (TPSA) is 34.4 Å². The van der Waals surface area contributed by atoms with Crippen molar-refractivity contribution in [2.75, 3.05) is 13.2 Å². The molecule has 0 spiro atoms. The number of ether oxygens (including phenoxy) is 1. The Morgan fingerprint density at radius 2 is 2.12 bits per heavy atom. The van der Waals surface area contributed by atoms with Crippen molar-refractivity contribution in [3.8, 4) is 5.75 Å². The first kappa shape index (κ1) is 10.4. The fraction of sp³-hybridized carbons (Fsp3) is 0.286. The lowest BCUT2D eigenvalue weighted by Gasteiger charge is -2.09. The molecule has 3 nitrogen and oxygen atoms in total. The summed E-state index contributed by atoms with van der Waals surface area (Å²) in [5, 5.41) is 3.40. The standard InChI is InChI=1S/C14H15NO2/c1-2-6-14-13(5-1)11(10-17-14)8-15-9-12-4-3-7-16-12/h1-7,11,15H,8-10H2. The number of hydrogen-bond acceptors (Lipinski definition) is 3. The van der Waals surface area contributed by atoms with Crippen molar-refractivity contribution in [2.24, 2.45) is 0 Å². The molecule has 3 rings (SSSR count). The molecule has 0 bridgehead atoms.